The van der Waals surface area contributed by atoms with Gasteiger partial charge >= 0.3 is 6.18 Å². The van der Waals surface area contributed by atoms with E-state index in [1.54, 1.807) is 18.2 Å². The number of benzene rings is 2. The van der Waals surface area contributed by atoms with Gasteiger partial charge in [0.25, 0.3) is 0 Å². The van der Waals surface area contributed by atoms with Crippen LogP contribution in [0.3, 0.4) is 0 Å². The van der Waals surface area contributed by atoms with Crippen molar-refractivity contribution in [3.05, 3.63) is 40.9 Å². The number of hydrogen-bond acceptors (Lipinski definition) is 8. The highest BCUT2D eigenvalue weighted by Crippen LogP contribution is 2.43. The second-order valence-corrected chi connectivity index (χ2v) is 11.8. The molecule has 2 heterocycles. The molecule has 2 aromatic carbocycles. The van der Waals surface area contributed by atoms with Crippen molar-refractivity contribution in [3.8, 4) is 17.6 Å². The molecule has 1 saturated heterocycles. The van der Waals surface area contributed by atoms with E-state index in [0.717, 1.165) is 17.8 Å². The first kappa shape index (κ1) is 33.5. The number of carbonyl (C=O) groups excluding carboxylic acids is 1. The lowest BCUT2D eigenvalue weighted by atomic mass is 9.88. The smallest absolute Gasteiger partial charge is 0.393 e. The molecule has 2 aliphatic rings. The van der Waals surface area contributed by atoms with E-state index in [2.05, 4.69) is 27.3 Å². The van der Waals surface area contributed by atoms with Gasteiger partial charge < -0.3 is 35.6 Å². The zero-order chi connectivity index (χ0) is 31.9. The predicted octanol–water partition coefficient (Wildman–Crippen LogP) is 6.05. The van der Waals surface area contributed by atoms with Crippen molar-refractivity contribution in [2.45, 2.75) is 50.9 Å². The first-order valence-electron chi connectivity index (χ1n) is 14.9. The third-order valence-corrected chi connectivity index (χ3v) is 8.15. The van der Waals surface area contributed by atoms with Gasteiger partial charge in [-0.3, -0.25) is 4.79 Å². The highest BCUT2D eigenvalue weighted by molar-refractivity contribution is 6.33. The Labute approximate surface area is 261 Å². The van der Waals surface area contributed by atoms with Gasteiger partial charge in [0.05, 0.1) is 53.0 Å². The van der Waals surface area contributed by atoms with E-state index in [1.807, 2.05) is 38.1 Å². The van der Waals surface area contributed by atoms with Crippen molar-refractivity contribution in [2.75, 3.05) is 62.9 Å². The van der Waals surface area contributed by atoms with Gasteiger partial charge in [0, 0.05) is 36.3 Å². The summed E-state index contributed by atoms with van der Waals surface area (Å²) in [4.78, 5) is 14.8. The molecular weight excluding hydrogens is 597 g/mol. The molecule has 4 rings (SSSR count). The summed E-state index contributed by atoms with van der Waals surface area (Å²) in [7, 11) is 3.91. The largest absolute Gasteiger partial charge is 0.492 e. The van der Waals surface area contributed by atoms with E-state index in [9.17, 15) is 23.2 Å². The number of nitrogens with zero attached hydrogens (tertiary/aromatic N) is 2. The van der Waals surface area contributed by atoms with Crippen molar-refractivity contribution in [3.63, 3.8) is 0 Å². The number of ether oxygens (including phenoxy) is 2. The normalized spacial score (nSPS) is 21.5. The van der Waals surface area contributed by atoms with Crippen LogP contribution in [0, 0.1) is 23.2 Å². The van der Waals surface area contributed by atoms with Crippen LogP contribution >= 0.6 is 11.6 Å². The molecule has 9 nitrogen and oxygen atoms in total. The fourth-order valence-corrected chi connectivity index (χ4v) is 5.80. The van der Waals surface area contributed by atoms with E-state index in [-0.39, 0.29) is 18.9 Å². The molecule has 4 unspecified atom stereocenters. The van der Waals surface area contributed by atoms with E-state index in [4.69, 9.17) is 21.1 Å². The lowest BCUT2D eigenvalue weighted by molar-refractivity contribution is -0.190. The highest BCUT2D eigenvalue weighted by Gasteiger charge is 2.45. The number of amides is 1. The number of anilines is 3. The summed E-state index contributed by atoms with van der Waals surface area (Å²) in [5.41, 5.74) is 2.56. The molecule has 0 saturated carbocycles. The second-order valence-electron chi connectivity index (χ2n) is 11.4. The number of alkyl halides is 3. The number of rotatable bonds is 12. The number of carbonyl (C=O) groups is 1. The minimum atomic E-state index is -4.30. The maximum absolute atomic E-state index is 13.5. The van der Waals surface area contributed by atoms with E-state index < -0.39 is 30.1 Å². The fraction of sp³-hybridized carbons (Fsp3) is 0.548. The van der Waals surface area contributed by atoms with Crippen LogP contribution in [0.4, 0.5) is 30.2 Å². The molecule has 2 aromatic rings. The lowest BCUT2D eigenvalue weighted by Crippen LogP contribution is -2.50. The van der Waals surface area contributed by atoms with Crippen molar-refractivity contribution in [1.82, 2.24) is 10.2 Å². The standard InChI is InChI=1S/C31H40ClF3N6O3/c1-4-43-28-15-25-21(14-26(28)39-29(42)8-6-12-41(2)3)30(19(16-36)17-38-25)40-24-10-9-20(13-23(24)32)44-18-27-22(31(33,34)35)7-5-11-37-27/h9-10,13-15,19,22,27,30,37-38,40H,4-8,11-12,17-18H2,1-3H3,(H,39,42). The number of piperidine rings is 1. The Morgan fingerprint density at radius 2 is 2.00 bits per heavy atom. The first-order valence-corrected chi connectivity index (χ1v) is 15.3. The molecule has 1 amide bonds. The maximum atomic E-state index is 13.5. The molecule has 0 aliphatic carbocycles. The van der Waals surface area contributed by atoms with Gasteiger partial charge in [-0.2, -0.15) is 18.4 Å². The average molecular weight is 637 g/mol. The average Bonchev–Trinajstić information content (AvgIpc) is 2.97. The summed E-state index contributed by atoms with van der Waals surface area (Å²) in [6.07, 6.45) is -2.71. The van der Waals surface area contributed by atoms with Gasteiger partial charge in [0.15, 0.2) is 0 Å². The molecular formula is C31H40ClF3N6O3. The summed E-state index contributed by atoms with van der Waals surface area (Å²) in [5.74, 6) is -1.22. The minimum Gasteiger partial charge on any atom is -0.492 e. The highest BCUT2D eigenvalue weighted by atomic mass is 35.5. The lowest BCUT2D eigenvalue weighted by Gasteiger charge is -2.34. The summed E-state index contributed by atoms with van der Waals surface area (Å²) in [6.45, 7) is 3.79. The van der Waals surface area contributed by atoms with Gasteiger partial charge in [-0.1, -0.05) is 11.6 Å². The van der Waals surface area contributed by atoms with Crippen molar-refractivity contribution in [1.29, 1.82) is 5.26 Å². The zero-order valence-electron chi connectivity index (χ0n) is 25.2. The van der Waals surface area contributed by atoms with Crippen molar-refractivity contribution in [2.24, 2.45) is 11.8 Å². The quantitative estimate of drug-likeness (QED) is 0.223. The molecule has 0 aromatic heterocycles. The molecule has 0 bridgehead atoms. The van der Waals surface area contributed by atoms with Gasteiger partial charge in [-0.15, -0.1) is 0 Å². The molecule has 0 spiro atoms. The number of nitriles is 1. The van der Waals surface area contributed by atoms with Crippen LogP contribution in [0.5, 0.6) is 11.5 Å². The van der Waals surface area contributed by atoms with Crippen LogP contribution in [-0.2, 0) is 4.79 Å². The third kappa shape index (κ3) is 8.61. The molecule has 2 aliphatic heterocycles. The molecule has 0 radical (unpaired) electrons. The Kier molecular flexibility index (Phi) is 11.5. The first-order chi connectivity index (χ1) is 21.0. The van der Waals surface area contributed by atoms with Crippen LogP contribution in [-0.4, -0.2) is 70.0 Å². The Morgan fingerprint density at radius 3 is 2.68 bits per heavy atom. The monoisotopic (exact) mass is 636 g/mol. The van der Waals surface area contributed by atoms with Crippen molar-refractivity contribution < 1.29 is 27.4 Å². The predicted molar refractivity (Wildman–Crippen MR) is 166 cm³/mol. The summed E-state index contributed by atoms with van der Waals surface area (Å²) >= 11 is 6.61. The molecule has 4 atom stereocenters. The van der Waals surface area contributed by atoms with E-state index >= 15 is 0 Å². The minimum absolute atomic E-state index is 0.0693. The molecule has 4 N–H and O–H groups in total. The summed E-state index contributed by atoms with van der Waals surface area (Å²) in [6, 6.07) is 9.53. The van der Waals surface area contributed by atoms with Crippen LogP contribution in [0.25, 0.3) is 0 Å². The van der Waals surface area contributed by atoms with Crippen LogP contribution in [0.15, 0.2) is 30.3 Å². The van der Waals surface area contributed by atoms with Crippen LogP contribution < -0.4 is 30.7 Å². The number of halogens is 4. The number of nitrogens with one attached hydrogen (secondary N) is 4. The van der Waals surface area contributed by atoms with E-state index in [0.29, 0.717) is 66.9 Å². The Morgan fingerprint density at radius 1 is 1.20 bits per heavy atom. The summed E-state index contributed by atoms with van der Waals surface area (Å²) in [5, 5.41) is 22.8. The number of hydrogen-bond donors (Lipinski definition) is 4. The van der Waals surface area contributed by atoms with Gasteiger partial charge in [-0.25, -0.2) is 0 Å². The molecule has 44 heavy (non-hydrogen) atoms. The zero-order valence-corrected chi connectivity index (χ0v) is 25.9. The summed E-state index contributed by atoms with van der Waals surface area (Å²) < 4.78 is 52.0. The molecule has 240 valence electrons. The second kappa shape index (κ2) is 15.1. The van der Waals surface area contributed by atoms with Gasteiger partial charge in [0.1, 0.15) is 18.1 Å². The molecule has 13 heteroatoms. The Balaban J connectivity index is 1.52. The van der Waals surface area contributed by atoms with Crippen LogP contribution in [0.1, 0.15) is 44.2 Å². The molecule has 1 fully saturated rings. The van der Waals surface area contributed by atoms with Gasteiger partial charge in [0.2, 0.25) is 5.91 Å². The third-order valence-electron chi connectivity index (χ3n) is 7.84. The van der Waals surface area contributed by atoms with Crippen LogP contribution in [0.2, 0.25) is 5.02 Å². The maximum Gasteiger partial charge on any atom is 0.393 e. The Hall–Kier alpha value is -3.40. The van der Waals surface area contributed by atoms with Gasteiger partial charge in [-0.05, 0) is 71.6 Å². The fourth-order valence-electron chi connectivity index (χ4n) is 5.58. The SMILES string of the molecule is CCOc1cc2c(cc1NC(=O)CCCN(C)C)C(Nc1ccc(OCC3NCCCC3C(F)(F)F)cc1Cl)C(C#N)CN2. The Bertz CT molecular complexity index is 1340. The van der Waals surface area contributed by atoms with Crippen molar-refractivity contribution >= 4 is 34.6 Å². The topological polar surface area (TPSA) is 111 Å². The van der Waals surface area contributed by atoms with E-state index in [1.165, 1.54) is 0 Å². The number of fused-ring (bicyclic) bond motifs is 1.